The summed E-state index contributed by atoms with van der Waals surface area (Å²) in [6.07, 6.45) is 5.85. The third kappa shape index (κ3) is 4.00. The van der Waals surface area contributed by atoms with Crippen molar-refractivity contribution in [2.24, 2.45) is 11.8 Å². The molecule has 2 N–H and O–H groups in total. The molecule has 1 aromatic rings. The zero-order valence-electron chi connectivity index (χ0n) is 15.1. The highest BCUT2D eigenvalue weighted by Crippen LogP contribution is 2.35. The number of nitrogens with one attached hydrogen (secondary N) is 2. The van der Waals surface area contributed by atoms with Crippen LogP contribution in [0.5, 0.6) is 5.75 Å². The van der Waals surface area contributed by atoms with Gasteiger partial charge >= 0.3 is 12.0 Å². The van der Waals surface area contributed by atoms with Gasteiger partial charge in [0.2, 0.25) is 0 Å². The summed E-state index contributed by atoms with van der Waals surface area (Å²) in [5.74, 6) is -0.0361. The summed E-state index contributed by atoms with van der Waals surface area (Å²) in [5.41, 5.74) is 1.07. The molecular formula is C20H26N2O4. The Morgan fingerprint density at radius 2 is 1.96 bits per heavy atom. The molecule has 2 amide bonds. The Bertz CT molecular complexity index is 682. The molecule has 1 aromatic carbocycles. The zero-order valence-corrected chi connectivity index (χ0v) is 15.1. The van der Waals surface area contributed by atoms with Crippen molar-refractivity contribution < 1.29 is 19.1 Å². The summed E-state index contributed by atoms with van der Waals surface area (Å²) in [6, 6.07) is 6.37. The van der Waals surface area contributed by atoms with Crippen LogP contribution in [-0.4, -0.2) is 25.7 Å². The Labute approximate surface area is 153 Å². The minimum absolute atomic E-state index is 0.346. The summed E-state index contributed by atoms with van der Waals surface area (Å²) in [7, 11) is 1.56. The number of esters is 1. The summed E-state index contributed by atoms with van der Waals surface area (Å²) in [5, 5.41) is 5.41. The molecular weight excluding hydrogens is 332 g/mol. The topological polar surface area (TPSA) is 76.7 Å². The van der Waals surface area contributed by atoms with Crippen LogP contribution in [0.2, 0.25) is 0 Å². The van der Waals surface area contributed by atoms with Gasteiger partial charge in [0.25, 0.3) is 0 Å². The van der Waals surface area contributed by atoms with E-state index in [1.165, 1.54) is 19.3 Å². The van der Waals surface area contributed by atoms with Crippen molar-refractivity contribution in [1.29, 1.82) is 0 Å². The molecule has 2 atom stereocenters. The van der Waals surface area contributed by atoms with Gasteiger partial charge in [-0.05, 0) is 24.8 Å². The maximum absolute atomic E-state index is 12.8. The molecule has 1 heterocycles. The highest BCUT2D eigenvalue weighted by molar-refractivity contribution is 5.85. The Hall–Kier alpha value is -2.50. The van der Waals surface area contributed by atoms with E-state index in [0.717, 1.165) is 18.4 Å². The minimum atomic E-state index is -0.701. The molecule has 1 saturated heterocycles. The van der Waals surface area contributed by atoms with Crippen LogP contribution in [0.15, 0.2) is 36.5 Å². The lowest BCUT2D eigenvalue weighted by Gasteiger charge is -2.34. The van der Waals surface area contributed by atoms with Gasteiger partial charge < -0.3 is 20.1 Å². The molecule has 2 aliphatic rings. The van der Waals surface area contributed by atoms with Crippen molar-refractivity contribution in [3.8, 4) is 5.75 Å². The first kappa shape index (κ1) is 18.3. The van der Waals surface area contributed by atoms with E-state index in [4.69, 9.17) is 9.47 Å². The first-order valence-electron chi connectivity index (χ1n) is 9.16. The molecule has 3 rings (SSSR count). The van der Waals surface area contributed by atoms with Crippen LogP contribution in [0.25, 0.3) is 0 Å². The van der Waals surface area contributed by atoms with Gasteiger partial charge in [0.15, 0.2) is 0 Å². The number of hydrogen-bond acceptors (Lipinski definition) is 4. The average molecular weight is 358 g/mol. The average Bonchev–Trinajstić information content (AvgIpc) is 2.66. The standard InChI is InChI=1S/C20H26N2O4/c1-13-17(19(23)26-12-14-8-4-3-5-9-14)18(22-20(24)21-13)15-10-6-7-11-16(15)25-2/h6-7,10-11,14,17-18H,1,3-5,8-9,12H2,2H3,(H2,21,22,24). The Morgan fingerprint density at radius 3 is 2.69 bits per heavy atom. The van der Waals surface area contributed by atoms with E-state index in [1.54, 1.807) is 13.2 Å². The van der Waals surface area contributed by atoms with Gasteiger partial charge in [-0.15, -0.1) is 0 Å². The summed E-state index contributed by atoms with van der Waals surface area (Å²) < 4.78 is 11.0. The van der Waals surface area contributed by atoms with E-state index in [0.29, 0.717) is 24.0 Å². The molecule has 6 heteroatoms. The number of carbonyl (C=O) groups excluding carboxylic acids is 2. The molecule has 0 spiro atoms. The maximum Gasteiger partial charge on any atom is 0.319 e. The second kappa shape index (κ2) is 8.25. The highest BCUT2D eigenvalue weighted by Gasteiger charge is 2.40. The summed E-state index contributed by atoms with van der Waals surface area (Å²) >= 11 is 0. The van der Waals surface area contributed by atoms with Crippen LogP contribution in [0.4, 0.5) is 4.79 Å². The summed E-state index contributed by atoms with van der Waals surface area (Å²) in [6.45, 7) is 4.31. The molecule has 6 nitrogen and oxygen atoms in total. The fourth-order valence-electron chi connectivity index (χ4n) is 3.79. The molecule has 26 heavy (non-hydrogen) atoms. The van der Waals surface area contributed by atoms with Crippen molar-refractivity contribution >= 4 is 12.0 Å². The number of ether oxygens (including phenoxy) is 2. The zero-order chi connectivity index (χ0) is 18.5. The molecule has 0 bridgehead atoms. The van der Waals surface area contributed by atoms with Gasteiger partial charge in [-0.1, -0.05) is 44.0 Å². The molecule has 1 aliphatic heterocycles. The monoisotopic (exact) mass is 358 g/mol. The minimum Gasteiger partial charge on any atom is -0.496 e. The Kier molecular flexibility index (Phi) is 5.81. The van der Waals surface area contributed by atoms with Crippen molar-refractivity contribution in [3.05, 3.63) is 42.1 Å². The quantitative estimate of drug-likeness (QED) is 0.792. The van der Waals surface area contributed by atoms with E-state index in [9.17, 15) is 9.59 Å². The second-order valence-electron chi connectivity index (χ2n) is 6.96. The smallest absolute Gasteiger partial charge is 0.319 e. The lowest BCUT2D eigenvalue weighted by Crippen LogP contribution is -2.51. The Morgan fingerprint density at radius 1 is 1.23 bits per heavy atom. The SMILES string of the molecule is C=C1NC(=O)NC(c2ccccc2OC)C1C(=O)OCC1CCCCC1. The van der Waals surface area contributed by atoms with Gasteiger partial charge in [0.05, 0.1) is 19.8 Å². The lowest BCUT2D eigenvalue weighted by molar-refractivity contribution is -0.150. The van der Waals surface area contributed by atoms with Crippen molar-refractivity contribution in [2.75, 3.05) is 13.7 Å². The number of para-hydroxylation sites is 1. The van der Waals surface area contributed by atoms with E-state index in [2.05, 4.69) is 17.2 Å². The van der Waals surface area contributed by atoms with Crippen molar-refractivity contribution in [2.45, 2.75) is 38.1 Å². The Balaban J connectivity index is 1.77. The van der Waals surface area contributed by atoms with Crippen LogP contribution in [-0.2, 0) is 9.53 Å². The number of methoxy groups -OCH3 is 1. The normalized spacial score (nSPS) is 23.7. The van der Waals surface area contributed by atoms with Crippen LogP contribution >= 0.6 is 0 Å². The fourth-order valence-corrected chi connectivity index (χ4v) is 3.79. The first-order chi connectivity index (χ1) is 12.6. The number of hydrogen-bond donors (Lipinski definition) is 2. The van der Waals surface area contributed by atoms with E-state index >= 15 is 0 Å². The molecule has 2 unspecified atom stereocenters. The van der Waals surface area contributed by atoms with Crippen LogP contribution < -0.4 is 15.4 Å². The van der Waals surface area contributed by atoms with Crippen LogP contribution in [0.1, 0.15) is 43.7 Å². The van der Waals surface area contributed by atoms with E-state index in [1.807, 2.05) is 18.2 Å². The highest BCUT2D eigenvalue weighted by atomic mass is 16.5. The lowest BCUT2D eigenvalue weighted by atomic mass is 9.88. The third-order valence-corrected chi connectivity index (χ3v) is 5.18. The largest absolute Gasteiger partial charge is 0.496 e. The van der Waals surface area contributed by atoms with Gasteiger partial charge in [0, 0.05) is 11.3 Å². The number of benzene rings is 1. The van der Waals surface area contributed by atoms with Crippen LogP contribution in [0, 0.1) is 11.8 Å². The molecule has 0 aromatic heterocycles. The predicted molar refractivity (Wildman–Crippen MR) is 97.6 cm³/mol. The number of carbonyl (C=O) groups is 2. The fraction of sp³-hybridized carbons (Fsp3) is 0.500. The molecule has 140 valence electrons. The molecule has 1 saturated carbocycles. The van der Waals surface area contributed by atoms with E-state index < -0.39 is 12.0 Å². The van der Waals surface area contributed by atoms with Gasteiger partial charge in [0.1, 0.15) is 11.7 Å². The van der Waals surface area contributed by atoms with Gasteiger partial charge in [-0.25, -0.2) is 4.79 Å². The van der Waals surface area contributed by atoms with Crippen molar-refractivity contribution in [1.82, 2.24) is 10.6 Å². The first-order valence-corrected chi connectivity index (χ1v) is 9.16. The third-order valence-electron chi connectivity index (χ3n) is 5.18. The maximum atomic E-state index is 12.8. The molecule has 0 radical (unpaired) electrons. The number of urea groups is 1. The molecule has 2 fully saturated rings. The van der Waals surface area contributed by atoms with Crippen molar-refractivity contribution in [3.63, 3.8) is 0 Å². The second-order valence-corrected chi connectivity index (χ2v) is 6.96. The van der Waals surface area contributed by atoms with E-state index in [-0.39, 0.29) is 12.0 Å². The van der Waals surface area contributed by atoms with Gasteiger partial charge in [-0.3, -0.25) is 4.79 Å². The molecule has 1 aliphatic carbocycles. The predicted octanol–water partition coefficient (Wildman–Crippen LogP) is 3.30. The number of amides is 2. The number of rotatable bonds is 5. The van der Waals surface area contributed by atoms with Crippen LogP contribution in [0.3, 0.4) is 0 Å². The van der Waals surface area contributed by atoms with Gasteiger partial charge in [-0.2, -0.15) is 0 Å². The summed E-state index contributed by atoms with van der Waals surface area (Å²) in [4.78, 5) is 24.8.